The predicted molar refractivity (Wildman–Crippen MR) is 120 cm³/mol. The van der Waals surface area contributed by atoms with E-state index in [1.807, 2.05) is 37.3 Å². The molecule has 8 heteroatoms. The number of aromatic nitrogens is 4. The zero-order chi connectivity index (χ0) is 21.1. The number of anilines is 5. The minimum absolute atomic E-state index is 0.117. The molecule has 0 saturated carbocycles. The van der Waals surface area contributed by atoms with Crippen LogP contribution in [-0.4, -0.2) is 32.6 Å². The van der Waals surface area contributed by atoms with E-state index in [-0.39, 0.29) is 5.91 Å². The van der Waals surface area contributed by atoms with Crippen molar-refractivity contribution in [2.75, 3.05) is 22.1 Å². The largest absolute Gasteiger partial charge is 0.326 e. The maximum Gasteiger partial charge on any atom is 0.229 e. The van der Waals surface area contributed by atoms with Crippen LogP contribution in [0.3, 0.4) is 0 Å². The van der Waals surface area contributed by atoms with Crippen molar-refractivity contribution in [3.05, 3.63) is 60.4 Å². The summed E-state index contributed by atoms with van der Waals surface area (Å²) in [4.78, 5) is 22.4. The van der Waals surface area contributed by atoms with Crippen LogP contribution >= 0.6 is 0 Å². The molecule has 0 unspecified atom stereocenters. The molecule has 2 aromatic heterocycles. The molecule has 0 fully saturated rings. The highest BCUT2D eigenvalue weighted by atomic mass is 16.1. The molecule has 0 radical (unpaired) electrons. The second kappa shape index (κ2) is 8.20. The van der Waals surface area contributed by atoms with Gasteiger partial charge in [0.2, 0.25) is 11.9 Å². The third-order valence-corrected chi connectivity index (χ3v) is 4.72. The van der Waals surface area contributed by atoms with Gasteiger partial charge in [-0.05, 0) is 56.3 Å². The lowest BCUT2D eigenvalue weighted by Crippen LogP contribution is -2.18. The average Bonchev–Trinajstić information content (AvgIpc) is 3.09. The summed E-state index contributed by atoms with van der Waals surface area (Å²) >= 11 is 0. The molecule has 0 atom stereocenters. The summed E-state index contributed by atoms with van der Waals surface area (Å²) in [6.45, 7) is 6.29. The van der Waals surface area contributed by atoms with E-state index in [1.54, 1.807) is 6.20 Å². The summed E-state index contributed by atoms with van der Waals surface area (Å²) < 4.78 is 0. The molecule has 30 heavy (non-hydrogen) atoms. The number of fused-ring (bicyclic) bond motifs is 1. The van der Waals surface area contributed by atoms with Crippen molar-refractivity contribution < 1.29 is 4.79 Å². The third-order valence-electron chi connectivity index (χ3n) is 4.72. The van der Waals surface area contributed by atoms with Crippen molar-refractivity contribution in [1.29, 1.82) is 0 Å². The van der Waals surface area contributed by atoms with Crippen LogP contribution in [0.15, 0.2) is 54.7 Å². The van der Waals surface area contributed by atoms with Gasteiger partial charge < -0.3 is 15.5 Å². The fourth-order valence-corrected chi connectivity index (χ4v) is 3.36. The van der Waals surface area contributed by atoms with Gasteiger partial charge in [-0.2, -0.15) is 10.1 Å². The maximum atomic E-state index is 11.3. The summed E-state index contributed by atoms with van der Waals surface area (Å²) in [6, 6.07) is 15.5. The summed E-state index contributed by atoms with van der Waals surface area (Å²) in [7, 11) is 0. The van der Waals surface area contributed by atoms with Crippen molar-refractivity contribution in [3.63, 3.8) is 0 Å². The first-order chi connectivity index (χ1) is 14.5. The van der Waals surface area contributed by atoms with E-state index in [1.165, 1.54) is 6.92 Å². The van der Waals surface area contributed by atoms with Crippen LogP contribution < -0.4 is 15.5 Å². The van der Waals surface area contributed by atoms with Gasteiger partial charge in [0.1, 0.15) is 5.82 Å². The zero-order valence-electron chi connectivity index (χ0n) is 17.1. The van der Waals surface area contributed by atoms with E-state index in [0.29, 0.717) is 11.6 Å². The topological polar surface area (TPSA) is 98.8 Å². The fourth-order valence-electron chi connectivity index (χ4n) is 3.36. The summed E-state index contributed by atoms with van der Waals surface area (Å²) in [5.41, 5.74) is 4.49. The maximum absolute atomic E-state index is 11.3. The molecule has 4 aromatic rings. The Kier molecular flexibility index (Phi) is 5.30. The van der Waals surface area contributed by atoms with Crippen LogP contribution in [0.4, 0.5) is 28.8 Å². The number of aromatic amines is 1. The second-order valence-electron chi connectivity index (χ2n) is 6.91. The van der Waals surface area contributed by atoms with Gasteiger partial charge in [0, 0.05) is 42.1 Å². The number of benzene rings is 2. The molecule has 0 spiro atoms. The zero-order valence-corrected chi connectivity index (χ0v) is 17.1. The molecule has 0 aliphatic carbocycles. The highest BCUT2D eigenvalue weighted by Crippen LogP contribution is 2.28. The van der Waals surface area contributed by atoms with Crippen molar-refractivity contribution in [1.82, 2.24) is 20.2 Å². The molecule has 8 nitrogen and oxygen atoms in total. The normalized spacial score (nSPS) is 10.8. The number of amides is 1. The van der Waals surface area contributed by atoms with E-state index >= 15 is 0 Å². The number of hydrogen-bond donors (Lipinski definition) is 3. The molecule has 1 amide bonds. The van der Waals surface area contributed by atoms with Gasteiger partial charge in [-0.3, -0.25) is 9.89 Å². The Hall–Kier alpha value is -3.94. The van der Waals surface area contributed by atoms with Crippen LogP contribution in [0.25, 0.3) is 10.9 Å². The molecular weight excluding hydrogens is 378 g/mol. The van der Waals surface area contributed by atoms with E-state index < -0.39 is 0 Å². The molecule has 0 aliphatic heterocycles. The quantitative estimate of drug-likeness (QED) is 0.439. The molecule has 0 saturated heterocycles. The van der Waals surface area contributed by atoms with Gasteiger partial charge in [-0.15, -0.1) is 0 Å². The second-order valence-corrected chi connectivity index (χ2v) is 6.91. The van der Waals surface area contributed by atoms with Crippen molar-refractivity contribution in [2.24, 2.45) is 0 Å². The van der Waals surface area contributed by atoms with Gasteiger partial charge in [-0.1, -0.05) is 6.07 Å². The summed E-state index contributed by atoms with van der Waals surface area (Å²) in [5, 5.41) is 14.4. The SMILES string of the molecule is CCN(c1ccc2c(C)n[nH]c2c1)c1ccnc(Nc2cccc(NC(C)=O)c2)n1. The van der Waals surface area contributed by atoms with Crippen LogP contribution in [0.1, 0.15) is 19.5 Å². The summed E-state index contributed by atoms with van der Waals surface area (Å²) in [6.07, 6.45) is 1.73. The lowest BCUT2D eigenvalue weighted by Gasteiger charge is -2.22. The Balaban J connectivity index is 1.60. The van der Waals surface area contributed by atoms with Gasteiger partial charge in [0.05, 0.1) is 11.2 Å². The number of carbonyl (C=O) groups excluding carboxylic acids is 1. The number of carbonyl (C=O) groups is 1. The first kappa shape index (κ1) is 19.4. The highest BCUT2D eigenvalue weighted by Gasteiger charge is 2.12. The van der Waals surface area contributed by atoms with Crippen LogP contribution in [0, 0.1) is 6.92 Å². The minimum atomic E-state index is -0.117. The Morgan fingerprint density at radius 3 is 2.77 bits per heavy atom. The Morgan fingerprint density at radius 2 is 1.97 bits per heavy atom. The van der Waals surface area contributed by atoms with E-state index in [2.05, 4.69) is 60.8 Å². The molecule has 2 heterocycles. The van der Waals surface area contributed by atoms with Gasteiger partial charge >= 0.3 is 0 Å². The average molecular weight is 401 g/mol. The minimum Gasteiger partial charge on any atom is -0.326 e. The molecular formula is C22H23N7O. The first-order valence-corrected chi connectivity index (χ1v) is 9.73. The van der Waals surface area contributed by atoms with E-state index in [9.17, 15) is 4.79 Å². The highest BCUT2D eigenvalue weighted by molar-refractivity contribution is 5.89. The van der Waals surface area contributed by atoms with Gasteiger partial charge in [0.25, 0.3) is 0 Å². The van der Waals surface area contributed by atoms with Gasteiger partial charge in [0.15, 0.2) is 0 Å². The number of hydrogen-bond acceptors (Lipinski definition) is 6. The van der Waals surface area contributed by atoms with E-state index in [0.717, 1.165) is 40.3 Å². The van der Waals surface area contributed by atoms with Crippen LogP contribution in [0.2, 0.25) is 0 Å². The lowest BCUT2D eigenvalue weighted by atomic mass is 10.2. The molecule has 0 aliphatic rings. The monoisotopic (exact) mass is 401 g/mol. The fraction of sp³-hybridized carbons (Fsp3) is 0.182. The molecule has 3 N–H and O–H groups in total. The standard InChI is InChI=1S/C22H23N7O/c1-4-29(18-8-9-19-14(2)27-28-20(19)13-18)21-10-11-23-22(26-21)25-17-7-5-6-16(12-17)24-15(3)30/h5-13H,4H2,1-3H3,(H,24,30)(H,27,28)(H,23,25,26). The molecule has 0 bridgehead atoms. The Bertz CT molecular complexity index is 1200. The molecule has 152 valence electrons. The number of nitrogens with zero attached hydrogens (tertiary/aromatic N) is 4. The molecule has 4 rings (SSSR count). The third kappa shape index (κ3) is 4.07. The van der Waals surface area contributed by atoms with Crippen molar-refractivity contribution in [2.45, 2.75) is 20.8 Å². The number of aryl methyl sites for hydroxylation is 1. The van der Waals surface area contributed by atoms with Crippen molar-refractivity contribution >= 4 is 45.6 Å². The van der Waals surface area contributed by atoms with Crippen LogP contribution in [0.5, 0.6) is 0 Å². The lowest BCUT2D eigenvalue weighted by molar-refractivity contribution is -0.114. The van der Waals surface area contributed by atoms with Gasteiger partial charge in [-0.25, -0.2) is 4.98 Å². The number of nitrogens with one attached hydrogen (secondary N) is 3. The Morgan fingerprint density at radius 1 is 1.13 bits per heavy atom. The Labute approximate surface area is 174 Å². The smallest absolute Gasteiger partial charge is 0.229 e. The van der Waals surface area contributed by atoms with Crippen molar-refractivity contribution in [3.8, 4) is 0 Å². The van der Waals surface area contributed by atoms with E-state index in [4.69, 9.17) is 0 Å². The number of rotatable bonds is 6. The first-order valence-electron chi connectivity index (χ1n) is 9.73. The number of H-pyrrole nitrogens is 1. The predicted octanol–water partition coefficient (Wildman–Crippen LogP) is 4.52. The van der Waals surface area contributed by atoms with Crippen LogP contribution in [-0.2, 0) is 4.79 Å². The molecule has 2 aromatic carbocycles. The summed E-state index contributed by atoms with van der Waals surface area (Å²) in [5.74, 6) is 1.14.